The normalized spacial score (nSPS) is 13.0. The minimum Gasteiger partial charge on any atom is -0.386 e. The Hall–Kier alpha value is -2.20. The molecule has 0 unspecified atom stereocenters. The summed E-state index contributed by atoms with van der Waals surface area (Å²) < 4.78 is 0. The fraction of sp³-hybridized carbons (Fsp3) is 0.304. The fourth-order valence-electron chi connectivity index (χ4n) is 2.89. The van der Waals surface area contributed by atoms with E-state index in [0.29, 0.717) is 5.56 Å². The highest BCUT2D eigenvalue weighted by Crippen LogP contribution is 2.22. The number of rotatable bonds is 7. The largest absolute Gasteiger partial charge is 0.386 e. The smallest absolute Gasteiger partial charge is 0.178 e. The van der Waals surface area contributed by atoms with E-state index in [4.69, 9.17) is 0 Å². The van der Waals surface area contributed by atoms with Gasteiger partial charge in [-0.1, -0.05) is 60.7 Å². The molecule has 0 radical (unpaired) electrons. The van der Waals surface area contributed by atoms with Crippen LogP contribution in [0.5, 0.6) is 0 Å². The van der Waals surface area contributed by atoms with Crippen molar-refractivity contribution in [1.29, 1.82) is 0 Å². The first kappa shape index (κ1) is 20.1. The molecular formula is C23H28O3. The number of hydrogen-bond donors (Lipinski definition) is 3. The average molecular weight is 352 g/mol. The number of allylic oxidation sites excluding steroid dienone is 3. The van der Waals surface area contributed by atoms with Crippen LogP contribution in [-0.2, 0) is 12.8 Å². The predicted octanol–water partition coefficient (Wildman–Crippen LogP) is 4.19. The quantitative estimate of drug-likeness (QED) is 0.517. The molecule has 0 aliphatic rings. The topological polar surface area (TPSA) is 60.7 Å². The van der Waals surface area contributed by atoms with E-state index in [9.17, 15) is 15.3 Å². The number of aliphatic hydroxyl groups excluding tert-OH is 1. The zero-order chi connectivity index (χ0) is 19.2. The molecule has 0 fully saturated rings. The van der Waals surface area contributed by atoms with E-state index in [2.05, 4.69) is 12.1 Å². The lowest BCUT2D eigenvalue weighted by Crippen LogP contribution is -2.14. The summed E-state index contributed by atoms with van der Waals surface area (Å²) in [5.41, 5.74) is 3.97. The first-order valence-electron chi connectivity index (χ1n) is 8.91. The van der Waals surface area contributed by atoms with Gasteiger partial charge in [-0.25, -0.2) is 0 Å². The average Bonchev–Trinajstić information content (AvgIpc) is 2.59. The van der Waals surface area contributed by atoms with E-state index in [-0.39, 0.29) is 0 Å². The molecule has 2 aromatic rings. The second kappa shape index (κ2) is 8.95. The van der Waals surface area contributed by atoms with Crippen LogP contribution >= 0.6 is 0 Å². The van der Waals surface area contributed by atoms with Gasteiger partial charge in [-0.2, -0.15) is 0 Å². The number of hydrogen-bond acceptors (Lipinski definition) is 3. The van der Waals surface area contributed by atoms with Gasteiger partial charge < -0.3 is 15.3 Å². The van der Waals surface area contributed by atoms with Gasteiger partial charge >= 0.3 is 0 Å². The van der Waals surface area contributed by atoms with Crippen LogP contribution in [0.2, 0.25) is 0 Å². The number of aryl methyl sites for hydroxylation is 2. The lowest BCUT2D eigenvalue weighted by molar-refractivity contribution is -0.0425. The molecule has 3 N–H and O–H groups in total. The van der Waals surface area contributed by atoms with Crippen LogP contribution in [0.1, 0.15) is 49.3 Å². The molecule has 0 heterocycles. The number of aliphatic hydroxyl groups is 3. The summed E-state index contributed by atoms with van der Waals surface area (Å²) in [6.45, 7) is 5.50. The first-order valence-corrected chi connectivity index (χ1v) is 8.91. The van der Waals surface area contributed by atoms with Crippen LogP contribution < -0.4 is 0 Å². The second-order valence-electron chi connectivity index (χ2n) is 7.07. The molecule has 0 amide bonds. The van der Waals surface area contributed by atoms with E-state index in [1.807, 2.05) is 55.5 Å². The molecule has 0 aromatic heterocycles. The van der Waals surface area contributed by atoms with E-state index in [1.54, 1.807) is 19.9 Å². The van der Waals surface area contributed by atoms with Crippen molar-refractivity contribution >= 4 is 5.57 Å². The fourth-order valence-corrected chi connectivity index (χ4v) is 2.89. The van der Waals surface area contributed by atoms with Gasteiger partial charge in [0.05, 0.1) is 5.60 Å². The van der Waals surface area contributed by atoms with Crippen LogP contribution in [0, 0.1) is 0 Å². The Morgan fingerprint density at radius 1 is 1.00 bits per heavy atom. The third-order valence-corrected chi connectivity index (χ3v) is 4.07. The Labute approximate surface area is 156 Å². The van der Waals surface area contributed by atoms with Crippen LogP contribution in [0.3, 0.4) is 0 Å². The molecule has 3 heteroatoms. The van der Waals surface area contributed by atoms with Gasteiger partial charge in [-0.3, -0.25) is 0 Å². The van der Waals surface area contributed by atoms with E-state index < -0.39 is 11.9 Å². The zero-order valence-electron chi connectivity index (χ0n) is 15.7. The van der Waals surface area contributed by atoms with Crippen molar-refractivity contribution in [3.8, 4) is 0 Å². The van der Waals surface area contributed by atoms with Crippen molar-refractivity contribution in [3.05, 3.63) is 89.0 Å². The van der Waals surface area contributed by atoms with Gasteiger partial charge in [-0.05, 0) is 62.0 Å². The van der Waals surface area contributed by atoms with Gasteiger partial charge in [0, 0.05) is 5.56 Å². The highest BCUT2D eigenvalue weighted by molar-refractivity contribution is 5.75. The van der Waals surface area contributed by atoms with Gasteiger partial charge in [-0.15, -0.1) is 0 Å². The maximum absolute atomic E-state index is 10.1. The monoisotopic (exact) mass is 352 g/mol. The summed E-state index contributed by atoms with van der Waals surface area (Å²) in [4.78, 5) is 0. The molecule has 0 aliphatic carbocycles. The van der Waals surface area contributed by atoms with Crippen molar-refractivity contribution in [3.63, 3.8) is 0 Å². The number of benzene rings is 2. The molecule has 0 aliphatic heterocycles. The Kier molecular flexibility index (Phi) is 6.92. The molecular weight excluding hydrogens is 324 g/mol. The predicted molar refractivity (Wildman–Crippen MR) is 107 cm³/mol. The summed E-state index contributed by atoms with van der Waals surface area (Å²) >= 11 is 0. The van der Waals surface area contributed by atoms with Gasteiger partial charge in [0.15, 0.2) is 6.29 Å². The van der Waals surface area contributed by atoms with Gasteiger partial charge in [0.25, 0.3) is 0 Å². The summed E-state index contributed by atoms with van der Waals surface area (Å²) in [6, 6.07) is 15.7. The maximum atomic E-state index is 10.1. The third kappa shape index (κ3) is 6.26. The Morgan fingerprint density at radius 3 is 2.19 bits per heavy atom. The molecule has 0 saturated heterocycles. The minimum atomic E-state index is -1.44. The summed E-state index contributed by atoms with van der Waals surface area (Å²) in [6.07, 6.45) is 6.06. The molecule has 2 aromatic carbocycles. The van der Waals surface area contributed by atoms with Crippen molar-refractivity contribution in [2.45, 2.75) is 45.5 Å². The molecule has 138 valence electrons. The molecule has 0 atom stereocenters. The molecule has 2 rings (SSSR count). The summed E-state index contributed by atoms with van der Waals surface area (Å²) in [5, 5.41) is 28.7. The van der Waals surface area contributed by atoms with Crippen LogP contribution in [0.15, 0.2) is 66.8 Å². The molecule has 26 heavy (non-hydrogen) atoms. The minimum absolute atomic E-state index is 0.514. The van der Waals surface area contributed by atoms with E-state index in [0.717, 1.165) is 29.5 Å². The van der Waals surface area contributed by atoms with E-state index in [1.165, 1.54) is 5.56 Å². The molecule has 0 spiro atoms. The highest BCUT2D eigenvalue weighted by atomic mass is 16.5. The van der Waals surface area contributed by atoms with Crippen LogP contribution in [0.25, 0.3) is 5.57 Å². The lowest BCUT2D eigenvalue weighted by atomic mass is 9.95. The maximum Gasteiger partial charge on any atom is 0.178 e. The third-order valence-electron chi connectivity index (χ3n) is 4.07. The summed E-state index contributed by atoms with van der Waals surface area (Å²) in [7, 11) is 0. The van der Waals surface area contributed by atoms with Crippen LogP contribution in [-0.4, -0.2) is 20.9 Å². The van der Waals surface area contributed by atoms with Gasteiger partial charge in [0.1, 0.15) is 0 Å². The van der Waals surface area contributed by atoms with Crippen molar-refractivity contribution < 1.29 is 15.3 Å². The SMILES string of the molecule is C/C=C/C(=C\C(C)(C)O)c1cccc(CCc2cccc(C(O)O)c2)c1. The van der Waals surface area contributed by atoms with Crippen LogP contribution in [0.4, 0.5) is 0 Å². The van der Waals surface area contributed by atoms with Crippen molar-refractivity contribution in [1.82, 2.24) is 0 Å². The summed E-state index contributed by atoms with van der Waals surface area (Å²) in [5.74, 6) is 0. The molecule has 0 saturated carbocycles. The van der Waals surface area contributed by atoms with Gasteiger partial charge in [0.2, 0.25) is 0 Å². The standard InChI is InChI=1S/C23H28O3/c1-4-7-21(16-23(2,3)26)19-10-5-8-17(14-19)12-13-18-9-6-11-20(15-18)22(24)25/h4-11,14-16,22,24-26H,12-13H2,1-3H3/b7-4+,21-16+. The Bertz CT molecular complexity index is 780. The highest BCUT2D eigenvalue weighted by Gasteiger charge is 2.11. The van der Waals surface area contributed by atoms with Crippen molar-refractivity contribution in [2.24, 2.45) is 0 Å². The first-order chi connectivity index (χ1) is 12.3. The molecule has 3 nitrogen and oxygen atoms in total. The van der Waals surface area contributed by atoms with Crippen molar-refractivity contribution in [2.75, 3.05) is 0 Å². The second-order valence-corrected chi connectivity index (χ2v) is 7.07. The lowest BCUT2D eigenvalue weighted by Gasteiger charge is -2.15. The zero-order valence-corrected chi connectivity index (χ0v) is 15.7. The Morgan fingerprint density at radius 2 is 1.62 bits per heavy atom. The molecule has 0 bridgehead atoms. The van der Waals surface area contributed by atoms with E-state index >= 15 is 0 Å². The Balaban J connectivity index is 2.18.